The fourth-order valence-corrected chi connectivity index (χ4v) is 7.15. The first-order valence-electron chi connectivity index (χ1n) is 25.7. The van der Waals surface area contributed by atoms with Crippen LogP contribution in [-0.4, -0.2) is 119 Å². The van der Waals surface area contributed by atoms with Crippen molar-refractivity contribution in [2.75, 3.05) is 75.4 Å². The fourth-order valence-electron chi connectivity index (χ4n) is 7.15. The summed E-state index contributed by atoms with van der Waals surface area (Å²) >= 11 is 0. The summed E-state index contributed by atoms with van der Waals surface area (Å²) in [6.45, 7) is 17.1. The van der Waals surface area contributed by atoms with Crippen molar-refractivity contribution in [1.29, 1.82) is 0 Å². The number of amides is 7. The van der Waals surface area contributed by atoms with Crippen LogP contribution in [-0.2, 0) is 35.2 Å². The van der Waals surface area contributed by atoms with Gasteiger partial charge in [0.05, 0.1) is 56.0 Å². The summed E-state index contributed by atoms with van der Waals surface area (Å²) in [5.74, 6) is -1.72. The number of hydrogen-bond acceptors (Lipinski definition) is 14. The summed E-state index contributed by atoms with van der Waals surface area (Å²) in [5.41, 5.74) is 0.0997. The van der Waals surface area contributed by atoms with Gasteiger partial charge in [0.15, 0.2) is 5.75 Å². The van der Waals surface area contributed by atoms with E-state index in [0.717, 1.165) is 10.6 Å². The Kier molecular flexibility index (Phi) is 24.2. The van der Waals surface area contributed by atoms with E-state index in [2.05, 4.69) is 26.6 Å². The Morgan fingerprint density at radius 2 is 1.12 bits per heavy atom. The lowest BCUT2D eigenvalue weighted by molar-refractivity contribution is -0.120. The quantitative estimate of drug-likeness (QED) is 0.0224. The molecular formula is C57H77N7O14. The van der Waals surface area contributed by atoms with Crippen molar-refractivity contribution in [1.82, 2.24) is 21.3 Å². The summed E-state index contributed by atoms with van der Waals surface area (Å²) in [6, 6.07) is 24.9. The van der Waals surface area contributed by atoms with Crippen LogP contribution in [0.15, 0.2) is 91.0 Å². The van der Waals surface area contributed by atoms with Gasteiger partial charge in [0, 0.05) is 50.1 Å². The number of para-hydroxylation sites is 3. The van der Waals surface area contributed by atoms with Gasteiger partial charge in [-0.15, -0.1) is 0 Å². The van der Waals surface area contributed by atoms with E-state index in [1.54, 1.807) is 130 Å². The van der Waals surface area contributed by atoms with Crippen LogP contribution in [0.25, 0.3) is 0 Å². The SMILES string of the molecule is CON(C(=O)c1cccc(NC(=O)c2ccccc2OCCCNC(=O)OC(C)(C)C)c1OCCCNC(=O)OC(C)(C)C)c1cccc(C(=O)N(C)c2ccccc2COCCCCNC(=O)CNC(=O)OC(C)(C)C)c1. The highest BCUT2D eigenvalue weighted by Gasteiger charge is 2.27. The Morgan fingerprint density at radius 1 is 0.551 bits per heavy atom. The zero-order chi connectivity index (χ0) is 57.5. The van der Waals surface area contributed by atoms with Crippen molar-refractivity contribution in [3.63, 3.8) is 0 Å². The molecule has 5 N–H and O–H groups in total. The van der Waals surface area contributed by atoms with E-state index < -0.39 is 46.9 Å². The molecule has 0 aromatic heterocycles. The smallest absolute Gasteiger partial charge is 0.408 e. The molecule has 0 aliphatic carbocycles. The maximum absolute atomic E-state index is 14.7. The monoisotopic (exact) mass is 1080 g/mol. The molecule has 0 radical (unpaired) electrons. The Balaban J connectivity index is 1.47. The van der Waals surface area contributed by atoms with Gasteiger partial charge in [-0.3, -0.25) is 24.0 Å². The van der Waals surface area contributed by atoms with Crippen molar-refractivity contribution in [2.45, 2.75) is 111 Å². The number of unbranched alkanes of at least 4 members (excludes halogenated alkanes) is 1. The summed E-state index contributed by atoms with van der Waals surface area (Å²) in [6.07, 6.45) is 0.149. The topological polar surface area (TPSA) is 251 Å². The summed E-state index contributed by atoms with van der Waals surface area (Å²) < 4.78 is 34.0. The number of nitrogens with one attached hydrogen (secondary N) is 5. The predicted molar refractivity (Wildman–Crippen MR) is 295 cm³/mol. The normalized spacial score (nSPS) is 11.3. The number of carbonyl (C=O) groups excluding carboxylic acids is 7. The van der Waals surface area contributed by atoms with Crippen LogP contribution >= 0.6 is 0 Å². The maximum Gasteiger partial charge on any atom is 0.408 e. The second-order valence-corrected chi connectivity index (χ2v) is 20.7. The minimum Gasteiger partial charge on any atom is -0.493 e. The molecule has 0 fully saturated rings. The number of alkyl carbamates (subject to hydrolysis) is 3. The van der Waals surface area contributed by atoms with Crippen molar-refractivity contribution < 1.29 is 66.8 Å². The van der Waals surface area contributed by atoms with Crippen LogP contribution in [0.5, 0.6) is 11.5 Å². The molecule has 21 heteroatoms. The third-order valence-electron chi connectivity index (χ3n) is 10.5. The average Bonchev–Trinajstić information content (AvgIpc) is 3.40. The summed E-state index contributed by atoms with van der Waals surface area (Å²) in [4.78, 5) is 98.5. The summed E-state index contributed by atoms with van der Waals surface area (Å²) in [5, 5.41) is 14.4. The average molecular weight is 1080 g/mol. The van der Waals surface area contributed by atoms with Crippen LogP contribution in [0.1, 0.15) is 125 Å². The van der Waals surface area contributed by atoms with E-state index in [1.165, 1.54) is 24.1 Å². The van der Waals surface area contributed by atoms with E-state index in [-0.39, 0.29) is 97.3 Å². The first-order valence-corrected chi connectivity index (χ1v) is 25.7. The van der Waals surface area contributed by atoms with Crippen LogP contribution in [0.2, 0.25) is 0 Å². The molecule has 0 atom stereocenters. The number of hydrogen-bond donors (Lipinski definition) is 5. The molecule has 0 saturated carbocycles. The lowest BCUT2D eigenvalue weighted by atomic mass is 10.1. The molecule has 0 spiro atoms. The van der Waals surface area contributed by atoms with Gasteiger partial charge in [-0.25, -0.2) is 14.4 Å². The van der Waals surface area contributed by atoms with E-state index in [0.29, 0.717) is 38.1 Å². The number of benzene rings is 4. The second-order valence-electron chi connectivity index (χ2n) is 20.7. The van der Waals surface area contributed by atoms with Gasteiger partial charge in [-0.05, 0) is 137 Å². The fraction of sp³-hybridized carbons (Fsp3) is 0.456. The molecule has 0 aliphatic rings. The van der Waals surface area contributed by atoms with Crippen LogP contribution in [0.3, 0.4) is 0 Å². The number of carbonyl (C=O) groups is 7. The maximum atomic E-state index is 14.7. The van der Waals surface area contributed by atoms with Gasteiger partial charge in [0.25, 0.3) is 17.7 Å². The molecule has 7 amide bonds. The molecule has 4 aromatic rings. The molecule has 0 heterocycles. The molecule has 4 aromatic carbocycles. The highest BCUT2D eigenvalue weighted by atomic mass is 16.7. The highest BCUT2D eigenvalue weighted by Crippen LogP contribution is 2.34. The molecule has 0 unspecified atom stereocenters. The lowest BCUT2D eigenvalue weighted by Crippen LogP contribution is -2.39. The van der Waals surface area contributed by atoms with Crippen LogP contribution in [0, 0.1) is 0 Å². The first kappa shape index (κ1) is 62.6. The summed E-state index contributed by atoms with van der Waals surface area (Å²) in [7, 11) is 2.94. The zero-order valence-electron chi connectivity index (χ0n) is 46.8. The molecule has 78 heavy (non-hydrogen) atoms. The van der Waals surface area contributed by atoms with Crippen molar-refractivity contribution in [3.05, 3.63) is 113 Å². The molecule has 4 rings (SSSR count). The first-order chi connectivity index (χ1) is 36.9. The molecule has 21 nitrogen and oxygen atoms in total. The van der Waals surface area contributed by atoms with E-state index in [1.807, 2.05) is 18.2 Å². The Hall–Kier alpha value is -7.91. The molecular weight excluding hydrogens is 1010 g/mol. The number of ether oxygens (including phenoxy) is 6. The highest BCUT2D eigenvalue weighted by molar-refractivity contribution is 6.12. The Morgan fingerprint density at radius 3 is 1.76 bits per heavy atom. The Labute approximate surface area is 457 Å². The Bertz CT molecular complexity index is 2660. The van der Waals surface area contributed by atoms with Gasteiger partial charge < -0.3 is 59.9 Å². The van der Waals surface area contributed by atoms with Gasteiger partial charge in [0.2, 0.25) is 5.91 Å². The molecule has 0 saturated heterocycles. The third kappa shape index (κ3) is 22.0. The van der Waals surface area contributed by atoms with Crippen molar-refractivity contribution in [2.24, 2.45) is 0 Å². The lowest BCUT2D eigenvalue weighted by Gasteiger charge is -2.24. The van der Waals surface area contributed by atoms with Crippen LogP contribution in [0.4, 0.5) is 31.4 Å². The van der Waals surface area contributed by atoms with Crippen molar-refractivity contribution >= 4 is 59.0 Å². The number of anilines is 3. The number of nitrogens with zero attached hydrogens (tertiary/aromatic N) is 2. The minimum atomic E-state index is -0.702. The minimum absolute atomic E-state index is 0.00288. The zero-order valence-corrected chi connectivity index (χ0v) is 46.8. The van der Waals surface area contributed by atoms with Gasteiger partial charge in [0.1, 0.15) is 22.6 Å². The molecule has 0 bridgehead atoms. The second kappa shape index (κ2) is 30.1. The van der Waals surface area contributed by atoms with E-state index in [4.69, 9.17) is 33.3 Å². The van der Waals surface area contributed by atoms with Gasteiger partial charge in [-0.2, -0.15) is 5.06 Å². The number of hydroxylamine groups is 1. The van der Waals surface area contributed by atoms with Crippen molar-refractivity contribution in [3.8, 4) is 11.5 Å². The predicted octanol–water partition coefficient (Wildman–Crippen LogP) is 8.95. The van der Waals surface area contributed by atoms with Gasteiger partial charge >= 0.3 is 18.3 Å². The number of rotatable bonds is 26. The van der Waals surface area contributed by atoms with E-state index in [9.17, 15) is 33.6 Å². The standard InChI is InChI=1S/C57H77N7O14/c1-55(2,3)76-52(69)59-31-20-34-74-46-29-15-13-25-42(46)49(66)62-44-27-19-26-43(48(44)75-35-21-32-60-53(70)77-56(4,5)6)51(68)64(72-11)41-24-18-23-39(36-41)50(67)63(10)45-28-14-12-22-40(45)38-73-33-17-16-30-58-47(65)37-61-54(71)78-57(7,8)9/h12-15,18-19,22-29,36H,16-17,20-21,30-35,37-38H2,1-11H3,(H,58,65)(H,59,69)(H,60,70)(H,61,71)(H,62,66). The molecule has 424 valence electrons. The van der Waals surface area contributed by atoms with E-state index >= 15 is 0 Å². The molecule has 0 aliphatic heterocycles. The largest absolute Gasteiger partial charge is 0.493 e. The van der Waals surface area contributed by atoms with Crippen LogP contribution < -0.4 is 46.0 Å². The third-order valence-corrected chi connectivity index (χ3v) is 10.5. The van der Waals surface area contributed by atoms with Gasteiger partial charge in [-0.1, -0.05) is 42.5 Å².